The van der Waals surface area contributed by atoms with Crippen molar-refractivity contribution in [3.8, 4) is 0 Å². The lowest BCUT2D eigenvalue weighted by Gasteiger charge is -2.38. The molecule has 21 heavy (non-hydrogen) atoms. The van der Waals surface area contributed by atoms with E-state index in [4.69, 9.17) is 0 Å². The number of nitrogens with zero attached hydrogens (tertiary/aromatic N) is 4. The Morgan fingerprint density at radius 1 is 1.19 bits per heavy atom. The van der Waals surface area contributed by atoms with E-state index in [2.05, 4.69) is 14.9 Å². The molecule has 1 saturated carbocycles. The van der Waals surface area contributed by atoms with Gasteiger partial charge in [0.15, 0.2) is 0 Å². The van der Waals surface area contributed by atoms with Crippen molar-refractivity contribution < 1.29 is 9.90 Å². The van der Waals surface area contributed by atoms with Crippen molar-refractivity contribution in [2.45, 2.75) is 38.3 Å². The fourth-order valence-corrected chi connectivity index (χ4v) is 3.27. The zero-order chi connectivity index (χ0) is 14.8. The number of aliphatic hydroxyl groups is 1. The van der Waals surface area contributed by atoms with Gasteiger partial charge in [0.2, 0.25) is 0 Å². The molecule has 0 spiro atoms. The summed E-state index contributed by atoms with van der Waals surface area (Å²) in [7, 11) is 0. The summed E-state index contributed by atoms with van der Waals surface area (Å²) in [5.74, 6) is -0.0471. The first-order chi connectivity index (χ1) is 10.1. The van der Waals surface area contributed by atoms with E-state index in [1.54, 1.807) is 12.4 Å². The topological polar surface area (TPSA) is 69.6 Å². The van der Waals surface area contributed by atoms with Crippen LogP contribution in [0.4, 0.5) is 0 Å². The summed E-state index contributed by atoms with van der Waals surface area (Å²) in [5, 5.41) is 9.98. The molecule has 0 radical (unpaired) electrons. The van der Waals surface area contributed by atoms with E-state index in [1.807, 2.05) is 11.8 Å². The molecule has 2 fully saturated rings. The molecule has 0 bridgehead atoms. The molecule has 1 aromatic rings. The van der Waals surface area contributed by atoms with Crippen LogP contribution in [-0.2, 0) is 0 Å². The van der Waals surface area contributed by atoms with Gasteiger partial charge in [0.25, 0.3) is 5.91 Å². The summed E-state index contributed by atoms with van der Waals surface area (Å²) in [6, 6.07) is 0.279. The van der Waals surface area contributed by atoms with Gasteiger partial charge in [-0.25, -0.2) is 4.98 Å². The number of aliphatic hydroxyl groups excluding tert-OH is 1. The van der Waals surface area contributed by atoms with E-state index in [0.29, 0.717) is 18.8 Å². The first-order valence-corrected chi connectivity index (χ1v) is 7.65. The average Bonchev–Trinajstić information content (AvgIpc) is 2.94. The van der Waals surface area contributed by atoms with E-state index < -0.39 is 0 Å². The van der Waals surface area contributed by atoms with Gasteiger partial charge < -0.3 is 10.0 Å². The molecule has 2 aliphatic rings. The highest BCUT2D eigenvalue weighted by molar-refractivity contribution is 5.92. The molecular formula is C15H22N4O2. The molecule has 2 atom stereocenters. The third kappa shape index (κ3) is 3.06. The molecule has 2 heterocycles. The predicted octanol–water partition coefficient (Wildman–Crippen LogP) is 0.456. The first kappa shape index (κ1) is 14.4. The zero-order valence-electron chi connectivity index (χ0n) is 12.4. The van der Waals surface area contributed by atoms with Gasteiger partial charge in [-0.05, 0) is 26.2 Å². The summed E-state index contributed by atoms with van der Waals surface area (Å²) in [4.78, 5) is 24.8. The van der Waals surface area contributed by atoms with Gasteiger partial charge in [0.1, 0.15) is 5.69 Å². The molecule has 3 rings (SSSR count). The van der Waals surface area contributed by atoms with Crippen LogP contribution in [0.5, 0.6) is 0 Å². The summed E-state index contributed by atoms with van der Waals surface area (Å²) in [5.41, 5.74) is 1.22. The average molecular weight is 290 g/mol. The van der Waals surface area contributed by atoms with Crippen LogP contribution < -0.4 is 0 Å². The summed E-state index contributed by atoms with van der Waals surface area (Å²) in [6.07, 6.45) is 6.05. The second-order valence-electron chi connectivity index (χ2n) is 5.94. The highest BCUT2D eigenvalue weighted by Gasteiger charge is 2.33. The minimum Gasteiger partial charge on any atom is -0.391 e. The quantitative estimate of drug-likeness (QED) is 0.857. The lowest BCUT2D eigenvalue weighted by Crippen LogP contribution is -2.53. The highest BCUT2D eigenvalue weighted by Crippen LogP contribution is 2.25. The fraction of sp³-hybridized carbons (Fsp3) is 0.667. The number of amides is 1. The lowest BCUT2D eigenvalue weighted by molar-refractivity contribution is 0.0313. The molecule has 1 aromatic heterocycles. The van der Waals surface area contributed by atoms with Crippen LogP contribution in [-0.4, -0.2) is 69.1 Å². The Balaban J connectivity index is 1.58. The smallest absolute Gasteiger partial charge is 0.274 e. The molecule has 6 heteroatoms. The number of rotatable bonds is 2. The Kier molecular flexibility index (Phi) is 4.17. The number of aromatic nitrogens is 2. The lowest BCUT2D eigenvalue weighted by atomic mass is 10.1. The van der Waals surface area contributed by atoms with Crippen LogP contribution in [0.25, 0.3) is 0 Å². The standard InChI is InChI=1S/C15H22N4O2/c1-11-9-17-12(10-16-11)15(21)19-7-5-18(6-8-19)13-3-2-4-14(13)20/h9-10,13-14,20H,2-8H2,1H3/t13-,14+/m1/s1. The Hall–Kier alpha value is -1.53. The predicted molar refractivity (Wildman–Crippen MR) is 77.9 cm³/mol. The molecule has 0 aromatic carbocycles. The zero-order valence-corrected chi connectivity index (χ0v) is 12.4. The molecule has 1 saturated heterocycles. The number of carbonyl (C=O) groups excluding carboxylic acids is 1. The Bertz CT molecular complexity index is 497. The summed E-state index contributed by atoms with van der Waals surface area (Å²) in [6.45, 7) is 4.89. The van der Waals surface area contributed by atoms with Crippen molar-refractivity contribution in [3.05, 3.63) is 23.8 Å². The van der Waals surface area contributed by atoms with E-state index in [9.17, 15) is 9.90 Å². The second kappa shape index (κ2) is 6.07. The van der Waals surface area contributed by atoms with Crippen molar-refractivity contribution in [2.75, 3.05) is 26.2 Å². The van der Waals surface area contributed by atoms with Crippen molar-refractivity contribution in [1.29, 1.82) is 0 Å². The molecule has 1 amide bonds. The minimum absolute atomic E-state index is 0.0471. The van der Waals surface area contributed by atoms with E-state index in [1.165, 1.54) is 0 Å². The van der Waals surface area contributed by atoms with E-state index >= 15 is 0 Å². The number of hydrogen-bond acceptors (Lipinski definition) is 5. The van der Waals surface area contributed by atoms with Crippen molar-refractivity contribution in [1.82, 2.24) is 19.8 Å². The molecule has 1 N–H and O–H groups in total. The number of carbonyl (C=O) groups is 1. The highest BCUT2D eigenvalue weighted by atomic mass is 16.3. The van der Waals surface area contributed by atoms with Gasteiger partial charge in [0.05, 0.1) is 18.0 Å². The van der Waals surface area contributed by atoms with Gasteiger partial charge in [0, 0.05) is 38.4 Å². The first-order valence-electron chi connectivity index (χ1n) is 7.65. The molecule has 1 aliphatic carbocycles. The van der Waals surface area contributed by atoms with Gasteiger partial charge in [-0.3, -0.25) is 14.7 Å². The van der Waals surface area contributed by atoms with Crippen LogP contribution >= 0.6 is 0 Å². The third-order valence-electron chi connectivity index (χ3n) is 4.51. The second-order valence-corrected chi connectivity index (χ2v) is 5.94. The van der Waals surface area contributed by atoms with Crippen LogP contribution in [0.3, 0.4) is 0 Å². The largest absolute Gasteiger partial charge is 0.391 e. The normalized spacial score (nSPS) is 27.0. The maximum Gasteiger partial charge on any atom is 0.274 e. The number of piperazine rings is 1. The van der Waals surface area contributed by atoms with Crippen LogP contribution in [0, 0.1) is 6.92 Å². The van der Waals surface area contributed by atoms with Crippen LogP contribution in [0.2, 0.25) is 0 Å². The minimum atomic E-state index is -0.199. The van der Waals surface area contributed by atoms with E-state index in [-0.39, 0.29) is 18.1 Å². The Labute approximate surface area is 124 Å². The molecular weight excluding hydrogens is 268 g/mol. The SMILES string of the molecule is Cc1cnc(C(=O)N2CCN([C@@H]3CCC[C@@H]3O)CC2)cn1. The van der Waals surface area contributed by atoms with Gasteiger partial charge >= 0.3 is 0 Å². The third-order valence-corrected chi connectivity index (χ3v) is 4.51. The van der Waals surface area contributed by atoms with Gasteiger partial charge in [-0.1, -0.05) is 0 Å². The maximum absolute atomic E-state index is 12.4. The molecule has 1 aliphatic heterocycles. The summed E-state index contributed by atoms with van der Waals surface area (Å²) >= 11 is 0. The molecule has 6 nitrogen and oxygen atoms in total. The van der Waals surface area contributed by atoms with Gasteiger partial charge in [-0.15, -0.1) is 0 Å². The van der Waals surface area contributed by atoms with Crippen LogP contribution in [0.1, 0.15) is 35.4 Å². The summed E-state index contributed by atoms with van der Waals surface area (Å²) < 4.78 is 0. The Morgan fingerprint density at radius 2 is 1.95 bits per heavy atom. The number of aryl methyl sites for hydroxylation is 1. The monoisotopic (exact) mass is 290 g/mol. The van der Waals surface area contributed by atoms with Crippen LogP contribution in [0.15, 0.2) is 12.4 Å². The number of hydrogen-bond donors (Lipinski definition) is 1. The van der Waals surface area contributed by atoms with Crippen molar-refractivity contribution >= 4 is 5.91 Å². The van der Waals surface area contributed by atoms with Gasteiger partial charge in [-0.2, -0.15) is 0 Å². The maximum atomic E-state index is 12.4. The van der Waals surface area contributed by atoms with E-state index in [0.717, 1.165) is 38.0 Å². The molecule has 0 unspecified atom stereocenters. The van der Waals surface area contributed by atoms with Crippen molar-refractivity contribution in [3.63, 3.8) is 0 Å². The fourth-order valence-electron chi connectivity index (χ4n) is 3.27. The molecule has 114 valence electrons. The van der Waals surface area contributed by atoms with Crippen molar-refractivity contribution in [2.24, 2.45) is 0 Å². The Morgan fingerprint density at radius 3 is 2.52 bits per heavy atom.